The Hall–Kier alpha value is -3.15. The van der Waals surface area contributed by atoms with Crippen molar-refractivity contribution in [1.82, 2.24) is 9.88 Å². The van der Waals surface area contributed by atoms with E-state index in [9.17, 15) is 15.3 Å². The molecule has 0 bridgehead atoms. The van der Waals surface area contributed by atoms with Crippen molar-refractivity contribution in [3.63, 3.8) is 0 Å². The summed E-state index contributed by atoms with van der Waals surface area (Å²) in [7, 11) is 4.98. The first kappa shape index (κ1) is 25.9. The first-order valence-corrected chi connectivity index (χ1v) is 12.9. The Morgan fingerprint density at radius 1 is 1.14 bits per heavy atom. The van der Waals surface area contributed by atoms with Crippen LogP contribution in [0.3, 0.4) is 0 Å². The number of nitriles is 2. The number of amides is 1. The fourth-order valence-corrected chi connectivity index (χ4v) is 5.75. The summed E-state index contributed by atoms with van der Waals surface area (Å²) < 4.78 is 10.9. The number of anilines is 2. The number of methoxy groups -OCH3 is 2. The Labute approximate surface area is 216 Å². The molecule has 2 aliphatic heterocycles. The molecule has 0 saturated carbocycles. The van der Waals surface area contributed by atoms with Gasteiger partial charge in [-0.25, -0.2) is 4.98 Å². The predicted octanol–water partition coefficient (Wildman–Crippen LogP) is 3.22. The average Bonchev–Trinajstić information content (AvgIpc) is 3.01. The Balaban J connectivity index is 1.69. The van der Waals surface area contributed by atoms with Gasteiger partial charge in [0.2, 0.25) is 0 Å². The largest absolute Gasteiger partial charge is 0.354 e. The minimum Gasteiger partial charge on any atom is -0.354 e. The van der Waals surface area contributed by atoms with Crippen LogP contribution in [-0.2, 0) is 32.2 Å². The van der Waals surface area contributed by atoms with Crippen LogP contribution in [0.15, 0.2) is 23.2 Å². The van der Waals surface area contributed by atoms with Gasteiger partial charge in [0.25, 0.3) is 11.7 Å². The van der Waals surface area contributed by atoms with Gasteiger partial charge in [0.15, 0.2) is 0 Å². The molecule has 0 atom stereocenters. The number of carbonyl (C=O) groups is 1. The van der Waals surface area contributed by atoms with Gasteiger partial charge >= 0.3 is 0 Å². The summed E-state index contributed by atoms with van der Waals surface area (Å²) in [6.07, 6.45) is 1.55. The number of benzene rings is 1. The van der Waals surface area contributed by atoms with Gasteiger partial charge in [0.05, 0.1) is 16.8 Å². The maximum Gasteiger partial charge on any atom is 0.289 e. The van der Waals surface area contributed by atoms with Gasteiger partial charge in [-0.3, -0.25) is 4.79 Å². The zero-order valence-corrected chi connectivity index (χ0v) is 21.9. The maximum absolute atomic E-state index is 12.5. The summed E-state index contributed by atoms with van der Waals surface area (Å²) in [5.74, 6) is -0.673. The molecule has 0 radical (unpaired) electrons. The molecular formula is C26H30N6O3S. The average molecular weight is 507 g/mol. The number of nitrogens with zero attached hydrogens (tertiary/aromatic N) is 5. The van der Waals surface area contributed by atoms with Crippen molar-refractivity contribution in [1.29, 1.82) is 10.5 Å². The monoisotopic (exact) mass is 506 g/mol. The van der Waals surface area contributed by atoms with Crippen LogP contribution in [0.4, 0.5) is 11.5 Å². The standard InChI is InChI=1S/C26H30N6O3S/c1-5-18-19(14-27)23(32-10-6-9-31(2)11-12-32)30-24(20(18)15-28)36-16-17-7-8-22-21(13-17)26(34-3,35-4)25(33)29-22/h7-8,13H,5-6,9-12,16H2,1-4H3,(H,29,33). The van der Waals surface area contributed by atoms with Crippen molar-refractivity contribution in [2.75, 3.05) is 57.7 Å². The second-order valence-electron chi connectivity index (χ2n) is 8.84. The molecule has 4 rings (SSSR count). The molecular weight excluding hydrogens is 476 g/mol. The molecule has 1 aromatic carbocycles. The molecule has 1 aromatic heterocycles. The summed E-state index contributed by atoms with van der Waals surface area (Å²) in [6.45, 7) is 5.44. The van der Waals surface area contributed by atoms with Gasteiger partial charge in [-0.1, -0.05) is 13.0 Å². The number of ether oxygens (including phenoxy) is 2. The van der Waals surface area contributed by atoms with Crippen LogP contribution < -0.4 is 10.2 Å². The third-order valence-corrected chi connectivity index (χ3v) is 7.83. The highest BCUT2D eigenvalue weighted by Gasteiger charge is 2.48. The normalized spacial score (nSPS) is 17.2. The van der Waals surface area contributed by atoms with Gasteiger partial charge in [0.1, 0.15) is 23.0 Å². The summed E-state index contributed by atoms with van der Waals surface area (Å²) in [6, 6.07) is 10.3. The van der Waals surface area contributed by atoms with Gasteiger partial charge in [-0.05, 0) is 49.7 Å². The molecule has 1 amide bonds. The SMILES string of the molecule is CCc1c(C#N)c(SCc2ccc3c(c2)C(OC)(OC)C(=O)N3)nc(N2CCCN(C)CC2)c1C#N. The second-order valence-corrected chi connectivity index (χ2v) is 9.80. The van der Waals surface area contributed by atoms with E-state index in [1.54, 1.807) is 0 Å². The van der Waals surface area contributed by atoms with E-state index in [0.29, 0.717) is 45.4 Å². The molecule has 10 heteroatoms. The second kappa shape index (κ2) is 10.9. The van der Waals surface area contributed by atoms with E-state index in [1.165, 1.54) is 26.0 Å². The number of hydrogen-bond acceptors (Lipinski definition) is 9. The molecule has 1 fully saturated rings. The summed E-state index contributed by atoms with van der Waals surface area (Å²) in [4.78, 5) is 21.8. The van der Waals surface area contributed by atoms with Crippen LogP contribution in [0.2, 0.25) is 0 Å². The fourth-order valence-electron chi connectivity index (χ4n) is 4.80. The van der Waals surface area contributed by atoms with Crippen LogP contribution in [0.1, 0.15) is 41.2 Å². The van der Waals surface area contributed by atoms with Crippen molar-refractivity contribution in [2.45, 2.75) is 36.3 Å². The number of aromatic nitrogens is 1. The van der Waals surface area contributed by atoms with Gasteiger partial charge in [-0.2, -0.15) is 10.5 Å². The highest BCUT2D eigenvalue weighted by molar-refractivity contribution is 7.98. The maximum atomic E-state index is 12.5. The first-order chi connectivity index (χ1) is 17.4. The minimum atomic E-state index is -1.48. The van der Waals surface area contributed by atoms with E-state index >= 15 is 0 Å². The number of thioether (sulfide) groups is 1. The lowest BCUT2D eigenvalue weighted by Gasteiger charge is -2.25. The van der Waals surface area contributed by atoms with Crippen LogP contribution in [-0.4, -0.2) is 63.2 Å². The predicted molar refractivity (Wildman–Crippen MR) is 138 cm³/mol. The Bertz CT molecular complexity index is 1250. The van der Waals surface area contributed by atoms with E-state index < -0.39 is 5.79 Å². The third-order valence-electron chi connectivity index (χ3n) is 6.78. The molecule has 188 valence electrons. The molecule has 3 heterocycles. The summed E-state index contributed by atoms with van der Waals surface area (Å²) in [5, 5.41) is 23.4. The number of likely N-dealkylation sites (N-methyl/N-ethyl adjacent to an activating group) is 1. The van der Waals surface area contributed by atoms with Crippen LogP contribution >= 0.6 is 11.8 Å². The van der Waals surface area contributed by atoms with E-state index in [1.807, 2.05) is 25.1 Å². The number of pyridine rings is 1. The lowest BCUT2D eigenvalue weighted by atomic mass is 10.0. The number of hydrogen-bond donors (Lipinski definition) is 1. The lowest BCUT2D eigenvalue weighted by Crippen LogP contribution is -2.38. The molecule has 2 aromatic rings. The van der Waals surface area contributed by atoms with Crippen LogP contribution in [0.5, 0.6) is 0 Å². The van der Waals surface area contributed by atoms with Crippen LogP contribution in [0, 0.1) is 22.7 Å². The topological polar surface area (TPSA) is 115 Å². The number of rotatable bonds is 7. The van der Waals surface area contributed by atoms with Crippen molar-refractivity contribution >= 4 is 29.2 Å². The zero-order valence-electron chi connectivity index (χ0n) is 21.1. The van der Waals surface area contributed by atoms with E-state index in [2.05, 4.69) is 34.3 Å². The highest BCUT2D eigenvalue weighted by Crippen LogP contribution is 2.41. The van der Waals surface area contributed by atoms with Crippen molar-refractivity contribution in [3.8, 4) is 12.1 Å². The Kier molecular flexibility index (Phi) is 7.82. The minimum absolute atomic E-state index is 0.367. The zero-order chi connectivity index (χ0) is 25.9. The third kappa shape index (κ3) is 4.54. The summed E-state index contributed by atoms with van der Waals surface area (Å²) >= 11 is 1.45. The quantitative estimate of drug-likeness (QED) is 0.446. The molecule has 0 spiro atoms. The number of carbonyl (C=O) groups excluding carboxylic acids is 1. The molecule has 1 saturated heterocycles. The van der Waals surface area contributed by atoms with Gasteiger partial charge < -0.3 is 24.6 Å². The van der Waals surface area contributed by atoms with Gasteiger partial charge in [0, 0.05) is 45.2 Å². The van der Waals surface area contributed by atoms with Crippen molar-refractivity contribution in [2.24, 2.45) is 0 Å². The molecule has 0 unspecified atom stereocenters. The molecule has 36 heavy (non-hydrogen) atoms. The molecule has 9 nitrogen and oxygen atoms in total. The Morgan fingerprint density at radius 3 is 2.56 bits per heavy atom. The van der Waals surface area contributed by atoms with E-state index in [4.69, 9.17) is 14.5 Å². The Morgan fingerprint density at radius 2 is 1.89 bits per heavy atom. The van der Waals surface area contributed by atoms with Crippen molar-refractivity contribution in [3.05, 3.63) is 46.0 Å². The first-order valence-electron chi connectivity index (χ1n) is 11.9. The smallest absolute Gasteiger partial charge is 0.289 e. The fraction of sp³-hybridized carbons (Fsp3) is 0.462. The molecule has 0 aliphatic carbocycles. The van der Waals surface area contributed by atoms with E-state index in [-0.39, 0.29) is 5.91 Å². The summed E-state index contributed by atoms with van der Waals surface area (Å²) in [5.41, 5.74) is 3.89. The van der Waals surface area contributed by atoms with Gasteiger partial charge in [-0.15, -0.1) is 11.8 Å². The number of fused-ring (bicyclic) bond motifs is 1. The number of nitrogens with one attached hydrogen (secondary N) is 1. The molecule has 2 aliphatic rings. The van der Waals surface area contributed by atoms with E-state index in [0.717, 1.165) is 43.7 Å². The lowest BCUT2D eigenvalue weighted by molar-refractivity contribution is -0.207. The molecule has 1 N–H and O–H groups in total. The van der Waals surface area contributed by atoms with Crippen molar-refractivity contribution < 1.29 is 14.3 Å². The highest BCUT2D eigenvalue weighted by atomic mass is 32.2. The van der Waals surface area contributed by atoms with Crippen LogP contribution in [0.25, 0.3) is 0 Å².